The van der Waals surface area contributed by atoms with Crippen LogP contribution in [0.4, 0.5) is 10.5 Å². The van der Waals surface area contributed by atoms with Crippen LogP contribution in [0.3, 0.4) is 0 Å². The van der Waals surface area contributed by atoms with Gasteiger partial charge in [0.25, 0.3) is 16.8 Å². The molecule has 0 saturated carbocycles. The highest BCUT2D eigenvalue weighted by Crippen LogP contribution is 2.35. The molecule has 2 aromatic rings. The number of ether oxygens (including phenoxy) is 3. The topological polar surface area (TPSA) is 125 Å². The molecule has 1 aliphatic heterocycles. The van der Waals surface area contributed by atoms with E-state index in [2.05, 4.69) is 4.74 Å². The number of methoxy groups -OCH3 is 1. The first kappa shape index (κ1) is 23.8. The zero-order valence-corrected chi connectivity index (χ0v) is 18.6. The number of benzene rings is 2. The highest BCUT2D eigenvalue weighted by Gasteiger charge is 2.36. The first-order valence-corrected chi connectivity index (χ1v) is 10.6. The highest BCUT2D eigenvalue weighted by molar-refractivity contribution is 8.18. The molecule has 0 spiro atoms. The Morgan fingerprint density at radius 2 is 1.94 bits per heavy atom. The van der Waals surface area contributed by atoms with Crippen molar-refractivity contribution in [3.63, 3.8) is 0 Å². The molecular weight excluding hydrogens is 452 g/mol. The van der Waals surface area contributed by atoms with Crippen LogP contribution < -0.4 is 9.47 Å². The first-order valence-electron chi connectivity index (χ1n) is 9.77. The molecule has 0 bridgehead atoms. The van der Waals surface area contributed by atoms with Crippen LogP contribution in [0.5, 0.6) is 11.5 Å². The number of hydrogen-bond acceptors (Lipinski definition) is 9. The van der Waals surface area contributed by atoms with Gasteiger partial charge in [-0.25, -0.2) is 0 Å². The Bertz CT molecular complexity index is 1130. The van der Waals surface area contributed by atoms with Gasteiger partial charge in [0.05, 0.1) is 23.5 Å². The van der Waals surface area contributed by atoms with Crippen LogP contribution in [0.25, 0.3) is 6.08 Å². The number of thioether (sulfide) groups is 1. The summed E-state index contributed by atoms with van der Waals surface area (Å²) in [6.07, 6.45) is 1.52. The molecule has 1 saturated heterocycles. The Morgan fingerprint density at radius 1 is 1.15 bits per heavy atom. The van der Waals surface area contributed by atoms with Gasteiger partial charge in [0, 0.05) is 12.1 Å². The molecule has 0 radical (unpaired) electrons. The Balaban J connectivity index is 1.78. The number of non-ortho nitro benzene ring substituents is 1. The van der Waals surface area contributed by atoms with E-state index in [0.717, 1.165) is 16.7 Å². The van der Waals surface area contributed by atoms with Gasteiger partial charge in [-0.3, -0.25) is 29.4 Å². The number of rotatable bonds is 9. The van der Waals surface area contributed by atoms with Crippen molar-refractivity contribution in [3.8, 4) is 11.5 Å². The normalized spacial score (nSPS) is 14.5. The lowest BCUT2D eigenvalue weighted by atomic mass is 10.1. The fourth-order valence-corrected chi connectivity index (χ4v) is 3.74. The summed E-state index contributed by atoms with van der Waals surface area (Å²) in [5.41, 5.74) is 1.18. The molecule has 0 unspecified atom stereocenters. The van der Waals surface area contributed by atoms with Gasteiger partial charge in [0.15, 0.2) is 11.5 Å². The van der Waals surface area contributed by atoms with Crippen LogP contribution in [0.1, 0.15) is 18.1 Å². The quantitative estimate of drug-likeness (QED) is 0.232. The maximum absolute atomic E-state index is 12.5. The standard InChI is InChI=1S/C22H20N2O8S/c1-3-31-18-10-14(11-19-21(26)23(22(27)33-19)12-20(25)30-2)7-8-17(18)32-13-15-5-4-6-16(9-15)24(28)29/h4-11H,3,12-13H2,1-2H3/b19-11+. The van der Waals surface area contributed by atoms with Gasteiger partial charge in [-0.05, 0) is 48.0 Å². The van der Waals surface area contributed by atoms with Crippen molar-refractivity contribution in [2.45, 2.75) is 13.5 Å². The molecular formula is C22H20N2O8S. The average Bonchev–Trinajstić information content (AvgIpc) is 3.06. The summed E-state index contributed by atoms with van der Waals surface area (Å²) in [7, 11) is 1.18. The largest absolute Gasteiger partial charge is 0.490 e. The van der Waals surface area contributed by atoms with Gasteiger partial charge in [-0.15, -0.1) is 0 Å². The van der Waals surface area contributed by atoms with Gasteiger partial charge in [0.2, 0.25) is 0 Å². The van der Waals surface area contributed by atoms with Gasteiger partial charge in [0.1, 0.15) is 13.2 Å². The minimum absolute atomic E-state index is 0.0300. The molecule has 0 atom stereocenters. The van der Waals surface area contributed by atoms with Gasteiger partial charge < -0.3 is 14.2 Å². The maximum atomic E-state index is 12.5. The van der Waals surface area contributed by atoms with E-state index < -0.39 is 28.6 Å². The van der Waals surface area contributed by atoms with Crippen molar-refractivity contribution in [2.75, 3.05) is 20.3 Å². The molecule has 2 aromatic carbocycles. The van der Waals surface area contributed by atoms with Crippen LogP contribution in [-0.2, 0) is 20.9 Å². The maximum Gasteiger partial charge on any atom is 0.325 e. The number of amides is 2. The zero-order chi connectivity index (χ0) is 24.0. The van der Waals surface area contributed by atoms with Crippen LogP contribution in [0.15, 0.2) is 47.4 Å². The fourth-order valence-electron chi connectivity index (χ4n) is 2.90. The smallest absolute Gasteiger partial charge is 0.325 e. The SMILES string of the molecule is CCOc1cc(/C=C2/SC(=O)N(CC(=O)OC)C2=O)ccc1OCc1cccc([N+](=O)[O-])c1. The predicted octanol–water partition coefficient (Wildman–Crippen LogP) is 3.78. The summed E-state index contributed by atoms with van der Waals surface area (Å²) in [4.78, 5) is 47.5. The molecule has 0 aromatic heterocycles. The molecule has 1 fully saturated rings. The number of imide groups is 1. The number of carbonyl (C=O) groups is 3. The molecule has 3 rings (SSSR count). The predicted molar refractivity (Wildman–Crippen MR) is 120 cm³/mol. The van der Waals surface area contributed by atoms with E-state index >= 15 is 0 Å². The lowest BCUT2D eigenvalue weighted by Gasteiger charge is -2.13. The van der Waals surface area contributed by atoms with Crippen molar-refractivity contribution in [2.24, 2.45) is 0 Å². The van der Waals surface area contributed by atoms with E-state index in [9.17, 15) is 24.5 Å². The summed E-state index contributed by atoms with van der Waals surface area (Å²) in [6.45, 7) is 1.79. The van der Waals surface area contributed by atoms with Crippen LogP contribution in [0.2, 0.25) is 0 Å². The Hall–Kier alpha value is -3.86. The number of nitrogens with zero attached hydrogens (tertiary/aromatic N) is 2. The second kappa shape index (κ2) is 10.6. The van der Waals surface area contributed by atoms with E-state index in [-0.39, 0.29) is 17.2 Å². The molecule has 11 heteroatoms. The van der Waals surface area contributed by atoms with E-state index in [1.807, 2.05) is 0 Å². The average molecular weight is 472 g/mol. The Morgan fingerprint density at radius 3 is 2.64 bits per heavy atom. The number of nitro benzene ring substituents is 1. The minimum Gasteiger partial charge on any atom is -0.490 e. The van der Waals surface area contributed by atoms with E-state index in [1.165, 1.54) is 25.3 Å². The second-order valence-electron chi connectivity index (χ2n) is 6.70. The summed E-state index contributed by atoms with van der Waals surface area (Å²) in [5, 5.41) is 10.4. The van der Waals surface area contributed by atoms with Crippen molar-refractivity contribution in [1.29, 1.82) is 0 Å². The molecule has 33 heavy (non-hydrogen) atoms. The van der Waals surface area contributed by atoms with Crippen molar-refractivity contribution < 1.29 is 33.5 Å². The lowest BCUT2D eigenvalue weighted by Crippen LogP contribution is -2.34. The number of hydrogen-bond donors (Lipinski definition) is 0. The molecule has 1 heterocycles. The Kier molecular flexibility index (Phi) is 7.67. The van der Waals surface area contributed by atoms with E-state index in [0.29, 0.717) is 29.2 Å². The van der Waals surface area contributed by atoms with Gasteiger partial charge in [-0.1, -0.05) is 18.2 Å². The zero-order valence-electron chi connectivity index (χ0n) is 17.8. The molecule has 172 valence electrons. The molecule has 1 aliphatic rings. The van der Waals surface area contributed by atoms with Crippen molar-refractivity contribution in [3.05, 3.63) is 68.6 Å². The third-order valence-electron chi connectivity index (χ3n) is 4.47. The summed E-state index contributed by atoms with van der Waals surface area (Å²) >= 11 is 0.727. The number of carbonyl (C=O) groups excluding carboxylic acids is 3. The van der Waals surface area contributed by atoms with Crippen molar-refractivity contribution >= 4 is 40.6 Å². The number of esters is 1. The van der Waals surface area contributed by atoms with Crippen LogP contribution in [0, 0.1) is 10.1 Å². The fraction of sp³-hybridized carbons (Fsp3) is 0.227. The van der Waals surface area contributed by atoms with Crippen molar-refractivity contribution in [1.82, 2.24) is 4.90 Å². The molecule has 2 amide bonds. The third-order valence-corrected chi connectivity index (χ3v) is 5.38. The summed E-state index contributed by atoms with van der Waals surface area (Å²) < 4.78 is 15.9. The lowest BCUT2D eigenvalue weighted by molar-refractivity contribution is -0.384. The van der Waals surface area contributed by atoms with Crippen LogP contribution in [-0.4, -0.2) is 47.2 Å². The van der Waals surface area contributed by atoms with E-state index in [4.69, 9.17) is 9.47 Å². The molecule has 10 nitrogen and oxygen atoms in total. The molecule has 0 aliphatic carbocycles. The second-order valence-corrected chi connectivity index (χ2v) is 7.69. The minimum atomic E-state index is -0.692. The first-order chi connectivity index (χ1) is 15.8. The number of nitro groups is 1. The highest BCUT2D eigenvalue weighted by atomic mass is 32.2. The Labute approximate surface area is 193 Å². The van der Waals surface area contributed by atoms with Gasteiger partial charge in [-0.2, -0.15) is 0 Å². The molecule has 0 N–H and O–H groups in total. The monoisotopic (exact) mass is 472 g/mol. The third kappa shape index (κ3) is 5.89. The van der Waals surface area contributed by atoms with E-state index in [1.54, 1.807) is 37.3 Å². The van der Waals surface area contributed by atoms with Crippen LogP contribution >= 0.6 is 11.8 Å². The van der Waals surface area contributed by atoms with Gasteiger partial charge >= 0.3 is 5.97 Å². The summed E-state index contributed by atoms with van der Waals surface area (Å²) in [5.74, 6) is -0.452. The summed E-state index contributed by atoms with van der Waals surface area (Å²) in [6, 6.07) is 11.1.